The predicted octanol–water partition coefficient (Wildman–Crippen LogP) is 4.79. The van der Waals surface area contributed by atoms with Crippen molar-refractivity contribution < 1.29 is 4.74 Å². The molecule has 0 unspecified atom stereocenters. The second-order valence-electron chi connectivity index (χ2n) is 3.47. The Morgan fingerprint density at radius 3 is 2.89 bits per heavy atom. The lowest BCUT2D eigenvalue weighted by atomic mass is 10.3. The van der Waals surface area contributed by atoms with Crippen LogP contribution in [0.4, 0.5) is 0 Å². The predicted molar refractivity (Wildman–Crippen MR) is 74.0 cm³/mol. The molecule has 0 bridgehead atoms. The van der Waals surface area contributed by atoms with Crippen LogP contribution in [0.1, 0.15) is 0 Å². The summed E-state index contributed by atoms with van der Waals surface area (Å²) in [6.45, 7) is 0. The molecule has 0 saturated heterocycles. The second kappa shape index (κ2) is 4.72. The van der Waals surface area contributed by atoms with Crippen LogP contribution in [0, 0.1) is 0 Å². The zero-order valence-electron chi connectivity index (χ0n) is 8.93. The molecule has 0 N–H and O–H groups in total. The highest BCUT2D eigenvalue weighted by molar-refractivity contribution is 7.16. The van der Waals surface area contributed by atoms with Crippen LogP contribution in [-0.2, 0) is 0 Å². The fraction of sp³-hybridized carbons (Fsp3) is 0. The van der Waals surface area contributed by atoms with E-state index in [4.69, 9.17) is 27.9 Å². The fourth-order valence-electron chi connectivity index (χ4n) is 1.52. The third-order valence-corrected chi connectivity index (χ3v) is 3.97. The minimum atomic E-state index is 0.376. The standard InChI is InChI=1S/C12H6Cl2N2OS/c13-8-2-1-3-9(10(8)14)17-11-7-4-5-18-12(7)16-6-15-11/h1-6H. The van der Waals surface area contributed by atoms with Gasteiger partial charge < -0.3 is 4.74 Å². The van der Waals surface area contributed by atoms with Crippen LogP contribution in [0.5, 0.6) is 11.6 Å². The Balaban J connectivity index is 2.06. The number of rotatable bonds is 2. The van der Waals surface area contributed by atoms with E-state index in [-0.39, 0.29) is 0 Å². The van der Waals surface area contributed by atoms with Crippen LogP contribution >= 0.6 is 34.5 Å². The molecule has 6 heteroatoms. The molecule has 2 heterocycles. The highest BCUT2D eigenvalue weighted by Gasteiger charge is 2.10. The van der Waals surface area contributed by atoms with E-state index in [0.717, 1.165) is 10.2 Å². The molecule has 18 heavy (non-hydrogen) atoms. The molecule has 0 aliphatic carbocycles. The van der Waals surface area contributed by atoms with E-state index in [2.05, 4.69) is 9.97 Å². The van der Waals surface area contributed by atoms with E-state index in [0.29, 0.717) is 21.7 Å². The largest absolute Gasteiger partial charge is 0.437 e. The van der Waals surface area contributed by atoms with E-state index < -0.39 is 0 Å². The van der Waals surface area contributed by atoms with E-state index in [1.807, 2.05) is 11.4 Å². The lowest BCUT2D eigenvalue weighted by Gasteiger charge is -2.07. The normalized spacial score (nSPS) is 10.8. The molecule has 0 amide bonds. The highest BCUT2D eigenvalue weighted by Crippen LogP contribution is 2.36. The van der Waals surface area contributed by atoms with Gasteiger partial charge in [-0.05, 0) is 23.6 Å². The van der Waals surface area contributed by atoms with Crippen molar-refractivity contribution in [1.29, 1.82) is 0 Å². The molecule has 0 aliphatic heterocycles. The van der Waals surface area contributed by atoms with Crippen molar-refractivity contribution in [2.45, 2.75) is 0 Å². The van der Waals surface area contributed by atoms with E-state index in [1.54, 1.807) is 18.2 Å². The van der Waals surface area contributed by atoms with Gasteiger partial charge in [-0.15, -0.1) is 11.3 Å². The van der Waals surface area contributed by atoms with Crippen molar-refractivity contribution in [3.05, 3.63) is 46.0 Å². The summed E-state index contributed by atoms with van der Waals surface area (Å²) in [5.74, 6) is 0.959. The summed E-state index contributed by atoms with van der Waals surface area (Å²) < 4.78 is 5.70. The number of nitrogens with zero attached hydrogens (tertiary/aromatic N) is 2. The molecule has 0 fully saturated rings. The molecule has 3 nitrogen and oxygen atoms in total. The number of benzene rings is 1. The van der Waals surface area contributed by atoms with Crippen LogP contribution in [-0.4, -0.2) is 9.97 Å². The van der Waals surface area contributed by atoms with Crippen molar-refractivity contribution in [2.75, 3.05) is 0 Å². The van der Waals surface area contributed by atoms with Crippen molar-refractivity contribution in [2.24, 2.45) is 0 Å². The molecule has 1 aromatic carbocycles. The van der Waals surface area contributed by atoms with Gasteiger partial charge in [-0.25, -0.2) is 9.97 Å². The van der Waals surface area contributed by atoms with Crippen molar-refractivity contribution >= 4 is 44.8 Å². The van der Waals surface area contributed by atoms with Crippen LogP contribution in [0.15, 0.2) is 36.0 Å². The van der Waals surface area contributed by atoms with Gasteiger partial charge in [-0.1, -0.05) is 29.3 Å². The first kappa shape index (κ1) is 11.7. The Labute approximate surface area is 117 Å². The third kappa shape index (κ3) is 2.03. The molecule has 0 aliphatic rings. The van der Waals surface area contributed by atoms with Gasteiger partial charge in [0.1, 0.15) is 21.9 Å². The Morgan fingerprint density at radius 2 is 2.00 bits per heavy atom. The van der Waals surface area contributed by atoms with Crippen molar-refractivity contribution in [1.82, 2.24) is 9.97 Å². The van der Waals surface area contributed by atoms with Gasteiger partial charge in [0.2, 0.25) is 5.88 Å². The molecule has 3 rings (SSSR count). The van der Waals surface area contributed by atoms with E-state index in [9.17, 15) is 0 Å². The van der Waals surface area contributed by atoms with Gasteiger partial charge in [0.15, 0.2) is 0 Å². The van der Waals surface area contributed by atoms with Gasteiger partial charge in [0.05, 0.1) is 10.4 Å². The van der Waals surface area contributed by atoms with E-state index in [1.165, 1.54) is 17.7 Å². The summed E-state index contributed by atoms with van der Waals surface area (Å²) in [4.78, 5) is 9.14. The van der Waals surface area contributed by atoms with Crippen LogP contribution in [0.2, 0.25) is 10.0 Å². The van der Waals surface area contributed by atoms with Crippen molar-refractivity contribution in [3.8, 4) is 11.6 Å². The minimum Gasteiger partial charge on any atom is -0.437 e. The number of fused-ring (bicyclic) bond motifs is 1. The summed E-state index contributed by atoms with van der Waals surface area (Å²) in [5.41, 5.74) is 0. The monoisotopic (exact) mass is 296 g/mol. The quantitative estimate of drug-likeness (QED) is 0.682. The first-order valence-corrected chi connectivity index (χ1v) is 6.69. The summed E-state index contributed by atoms with van der Waals surface area (Å²) in [5, 5.41) is 3.62. The Bertz CT molecular complexity index is 714. The summed E-state index contributed by atoms with van der Waals surface area (Å²) >= 11 is 13.5. The molecular formula is C12H6Cl2N2OS. The number of hydrogen-bond acceptors (Lipinski definition) is 4. The zero-order valence-corrected chi connectivity index (χ0v) is 11.3. The topological polar surface area (TPSA) is 35.0 Å². The highest BCUT2D eigenvalue weighted by atomic mass is 35.5. The molecule has 0 atom stereocenters. The fourth-order valence-corrected chi connectivity index (χ4v) is 2.57. The molecule has 0 radical (unpaired) electrons. The lowest BCUT2D eigenvalue weighted by molar-refractivity contribution is 0.468. The van der Waals surface area contributed by atoms with Crippen LogP contribution in [0.3, 0.4) is 0 Å². The van der Waals surface area contributed by atoms with E-state index >= 15 is 0 Å². The third-order valence-electron chi connectivity index (χ3n) is 2.35. The van der Waals surface area contributed by atoms with Gasteiger partial charge in [-0.2, -0.15) is 0 Å². The van der Waals surface area contributed by atoms with Gasteiger partial charge >= 0.3 is 0 Å². The minimum absolute atomic E-state index is 0.376. The lowest BCUT2D eigenvalue weighted by Crippen LogP contribution is -1.90. The summed E-state index contributed by atoms with van der Waals surface area (Å²) in [7, 11) is 0. The molecule has 2 aromatic heterocycles. The van der Waals surface area contributed by atoms with Gasteiger partial charge in [-0.3, -0.25) is 0 Å². The molecular weight excluding hydrogens is 291 g/mol. The first-order valence-electron chi connectivity index (χ1n) is 5.06. The number of aromatic nitrogens is 2. The number of hydrogen-bond donors (Lipinski definition) is 0. The number of halogens is 2. The Hall–Kier alpha value is -1.36. The second-order valence-corrected chi connectivity index (χ2v) is 5.15. The summed E-state index contributed by atoms with van der Waals surface area (Å²) in [6, 6.07) is 7.13. The van der Waals surface area contributed by atoms with Crippen LogP contribution in [0.25, 0.3) is 10.2 Å². The SMILES string of the molecule is Clc1cccc(Oc2ncnc3sccc23)c1Cl. The Morgan fingerprint density at radius 1 is 1.11 bits per heavy atom. The number of thiophene rings is 1. The van der Waals surface area contributed by atoms with Crippen LogP contribution < -0.4 is 4.74 Å². The maximum absolute atomic E-state index is 6.07. The summed E-state index contributed by atoms with van der Waals surface area (Å²) in [6.07, 6.45) is 1.46. The maximum Gasteiger partial charge on any atom is 0.231 e. The average molecular weight is 297 g/mol. The smallest absolute Gasteiger partial charge is 0.231 e. The Kier molecular flexibility index (Phi) is 3.07. The molecule has 90 valence electrons. The average Bonchev–Trinajstić information content (AvgIpc) is 2.84. The molecule has 0 saturated carbocycles. The molecule has 0 spiro atoms. The first-order chi connectivity index (χ1) is 8.75. The van der Waals surface area contributed by atoms with Gasteiger partial charge in [0.25, 0.3) is 0 Å². The van der Waals surface area contributed by atoms with Crippen molar-refractivity contribution in [3.63, 3.8) is 0 Å². The zero-order chi connectivity index (χ0) is 12.5. The van der Waals surface area contributed by atoms with Gasteiger partial charge in [0, 0.05) is 0 Å². The number of ether oxygens (including phenoxy) is 1. The molecule has 3 aromatic rings. The maximum atomic E-state index is 6.07.